The molecule has 22 heavy (non-hydrogen) atoms. The molecular weight excluding hydrogens is 284 g/mol. The molecular formula is C15H14N4O3. The van der Waals surface area contributed by atoms with Crippen molar-refractivity contribution in [3.63, 3.8) is 0 Å². The van der Waals surface area contributed by atoms with Crippen LogP contribution in [0.25, 0.3) is 11.0 Å². The minimum atomic E-state index is -0.620. The highest BCUT2D eigenvalue weighted by Gasteiger charge is 2.20. The number of carbonyl (C=O) groups is 1. The first kappa shape index (κ1) is 14.0. The molecule has 0 radical (unpaired) electrons. The fraction of sp³-hybridized carbons (Fsp3) is 0.200. The van der Waals surface area contributed by atoms with Crippen molar-refractivity contribution in [2.24, 2.45) is 14.1 Å². The summed E-state index contributed by atoms with van der Waals surface area (Å²) in [5, 5.41) is 0. The Labute approximate surface area is 125 Å². The van der Waals surface area contributed by atoms with Gasteiger partial charge in [0.25, 0.3) is 11.5 Å². The van der Waals surface area contributed by atoms with Gasteiger partial charge in [0.05, 0.1) is 11.0 Å². The molecule has 2 aromatic heterocycles. The third-order valence-electron chi connectivity index (χ3n) is 3.61. The predicted octanol–water partition coefficient (Wildman–Crippen LogP) is 0.431. The number of para-hydroxylation sites is 2. The van der Waals surface area contributed by atoms with Crippen LogP contribution in [0.15, 0.2) is 40.1 Å². The molecule has 3 aromatic rings. The van der Waals surface area contributed by atoms with Crippen LogP contribution in [-0.2, 0) is 14.1 Å². The van der Waals surface area contributed by atoms with E-state index in [9.17, 15) is 14.4 Å². The average Bonchev–Trinajstić information content (AvgIpc) is 2.84. The molecule has 0 saturated carbocycles. The lowest BCUT2D eigenvalue weighted by molar-refractivity contribution is 0.0959. The number of benzene rings is 1. The van der Waals surface area contributed by atoms with E-state index in [0.717, 1.165) is 4.57 Å². The Morgan fingerprint density at radius 1 is 1.14 bits per heavy atom. The summed E-state index contributed by atoms with van der Waals surface area (Å²) in [4.78, 5) is 41.0. The minimum Gasteiger partial charge on any atom is -0.303 e. The van der Waals surface area contributed by atoms with Crippen LogP contribution >= 0.6 is 0 Å². The summed E-state index contributed by atoms with van der Waals surface area (Å²) in [5.74, 6) is -0.00972. The summed E-state index contributed by atoms with van der Waals surface area (Å²) < 4.78 is 3.52. The van der Waals surface area contributed by atoms with Gasteiger partial charge in [0.15, 0.2) is 0 Å². The van der Waals surface area contributed by atoms with Gasteiger partial charge in [-0.2, -0.15) is 0 Å². The lowest BCUT2D eigenvalue weighted by atomic mass is 10.2. The summed E-state index contributed by atoms with van der Waals surface area (Å²) in [6, 6.07) is 7.19. The second-order valence-corrected chi connectivity index (χ2v) is 5.09. The topological polar surface area (TPSA) is 78.9 Å². The number of rotatable bonds is 1. The summed E-state index contributed by atoms with van der Waals surface area (Å²) in [7, 11) is 2.84. The van der Waals surface area contributed by atoms with Crippen LogP contribution in [-0.4, -0.2) is 24.6 Å². The van der Waals surface area contributed by atoms with Gasteiger partial charge in [0, 0.05) is 20.3 Å². The highest BCUT2D eigenvalue weighted by molar-refractivity contribution is 6.01. The van der Waals surface area contributed by atoms with E-state index >= 15 is 0 Å². The van der Waals surface area contributed by atoms with E-state index in [1.165, 1.54) is 29.4 Å². The molecule has 0 amide bonds. The van der Waals surface area contributed by atoms with Gasteiger partial charge < -0.3 is 4.57 Å². The number of imidazole rings is 1. The zero-order chi connectivity index (χ0) is 16.0. The number of fused-ring (bicyclic) bond motifs is 1. The fourth-order valence-corrected chi connectivity index (χ4v) is 2.48. The Balaban J connectivity index is 2.30. The van der Waals surface area contributed by atoms with Gasteiger partial charge in [-0.3, -0.25) is 18.7 Å². The standard InChI is InChI=1S/C15H14N4O3/c1-9-16-11-6-4-5-7-12(11)19(9)14(21)10-8-17(2)15(22)18(3)13(10)20/h4-8H,1-3H3. The molecule has 112 valence electrons. The number of aryl methyl sites for hydroxylation is 2. The zero-order valence-electron chi connectivity index (χ0n) is 12.4. The van der Waals surface area contributed by atoms with Gasteiger partial charge in [0.2, 0.25) is 0 Å². The highest BCUT2D eigenvalue weighted by Crippen LogP contribution is 2.16. The lowest BCUT2D eigenvalue weighted by Crippen LogP contribution is -2.40. The molecule has 2 heterocycles. The minimum absolute atomic E-state index is 0.0733. The second-order valence-electron chi connectivity index (χ2n) is 5.09. The van der Waals surface area contributed by atoms with E-state index in [0.29, 0.717) is 16.9 Å². The molecule has 0 bridgehead atoms. The van der Waals surface area contributed by atoms with Crippen LogP contribution in [0.1, 0.15) is 16.2 Å². The highest BCUT2D eigenvalue weighted by atomic mass is 16.2. The van der Waals surface area contributed by atoms with E-state index in [-0.39, 0.29) is 5.56 Å². The molecule has 0 spiro atoms. The Morgan fingerprint density at radius 3 is 2.55 bits per heavy atom. The van der Waals surface area contributed by atoms with Crippen molar-refractivity contribution in [1.29, 1.82) is 0 Å². The second kappa shape index (κ2) is 4.80. The normalized spacial score (nSPS) is 11.0. The first-order valence-corrected chi connectivity index (χ1v) is 6.67. The van der Waals surface area contributed by atoms with Gasteiger partial charge in [-0.1, -0.05) is 12.1 Å². The molecule has 3 rings (SSSR count). The molecule has 7 nitrogen and oxygen atoms in total. The van der Waals surface area contributed by atoms with Gasteiger partial charge in [-0.05, 0) is 19.1 Å². The first-order chi connectivity index (χ1) is 10.4. The van der Waals surface area contributed by atoms with Gasteiger partial charge in [0.1, 0.15) is 11.4 Å². The van der Waals surface area contributed by atoms with Gasteiger partial charge >= 0.3 is 5.69 Å². The molecule has 7 heteroatoms. The Hall–Kier alpha value is -2.96. The molecule has 0 aliphatic carbocycles. The van der Waals surface area contributed by atoms with Crippen molar-refractivity contribution in [1.82, 2.24) is 18.7 Å². The Bertz CT molecular complexity index is 1020. The average molecular weight is 298 g/mol. The molecule has 0 N–H and O–H groups in total. The Morgan fingerprint density at radius 2 is 1.82 bits per heavy atom. The van der Waals surface area contributed by atoms with Crippen LogP contribution in [0.5, 0.6) is 0 Å². The molecule has 0 aliphatic rings. The zero-order valence-corrected chi connectivity index (χ0v) is 12.4. The maximum absolute atomic E-state index is 12.8. The number of hydrogen-bond donors (Lipinski definition) is 0. The summed E-state index contributed by atoms with van der Waals surface area (Å²) in [6.07, 6.45) is 1.27. The van der Waals surface area contributed by atoms with E-state index < -0.39 is 17.2 Å². The molecule has 1 aromatic carbocycles. The third-order valence-corrected chi connectivity index (χ3v) is 3.61. The molecule has 0 atom stereocenters. The van der Waals surface area contributed by atoms with E-state index in [1.807, 2.05) is 6.07 Å². The summed E-state index contributed by atoms with van der Waals surface area (Å²) in [6.45, 7) is 1.70. The lowest BCUT2D eigenvalue weighted by Gasteiger charge is -2.08. The SMILES string of the molecule is Cc1nc2ccccc2n1C(=O)c1cn(C)c(=O)n(C)c1=O. The van der Waals surface area contributed by atoms with Crippen LogP contribution in [0.2, 0.25) is 0 Å². The van der Waals surface area contributed by atoms with Gasteiger partial charge in [-0.15, -0.1) is 0 Å². The van der Waals surface area contributed by atoms with Crippen molar-refractivity contribution < 1.29 is 4.79 Å². The monoisotopic (exact) mass is 298 g/mol. The van der Waals surface area contributed by atoms with Crippen molar-refractivity contribution >= 4 is 16.9 Å². The van der Waals surface area contributed by atoms with E-state index in [4.69, 9.17) is 0 Å². The van der Waals surface area contributed by atoms with Crippen molar-refractivity contribution in [2.45, 2.75) is 6.92 Å². The van der Waals surface area contributed by atoms with Crippen LogP contribution in [0.4, 0.5) is 0 Å². The van der Waals surface area contributed by atoms with Crippen LogP contribution in [0.3, 0.4) is 0 Å². The number of hydrogen-bond acceptors (Lipinski definition) is 4. The van der Waals surface area contributed by atoms with Crippen LogP contribution in [0, 0.1) is 6.92 Å². The molecule has 0 saturated heterocycles. The molecule has 0 aliphatic heterocycles. The molecule has 0 fully saturated rings. The van der Waals surface area contributed by atoms with Crippen molar-refractivity contribution in [3.05, 3.63) is 62.7 Å². The number of aromatic nitrogens is 4. The van der Waals surface area contributed by atoms with Crippen LogP contribution < -0.4 is 11.2 Å². The Kier molecular flexibility index (Phi) is 3.05. The maximum atomic E-state index is 12.8. The van der Waals surface area contributed by atoms with E-state index in [1.54, 1.807) is 25.1 Å². The number of carbonyl (C=O) groups excluding carboxylic acids is 1. The van der Waals surface area contributed by atoms with Crippen molar-refractivity contribution in [2.75, 3.05) is 0 Å². The molecule has 0 unspecified atom stereocenters. The van der Waals surface area contributed by atoms with Gasteiger partial charge in [-0.25, -0.2) is 9.78 Å². The third kappa shape index (κ3) is 1.90. The first-order valence-electron chi connectivity index (χ1n) is 6.67. The number of nitrogens with zero attached hydrogens (tertiary/aromatic N) is 4. The fourth-order valence-electron chi connectivity index (χ4n) is 2.48. The largest absolute Gasteiger partial charge is 0.330 e. The predicted molar refractivity (Wildman–Crippen MR) is 81.1 cm³/mol. The summed E-state index contributed by atoms with van der Waals surface area (Å²) in [5.41, 5.74) is 0.130. The van der Waals surface area contributed by atoms with Crippen molar-refractivity contribution in [3.8, 4) is 0 Å². The quantitative estimate of drug-likeness (QED) is 0.652. The summed E-state index contributed by atoms with van der Waals surface area (Å²) >= 11 is 0. The smallest absolute Gasteiger partial charge is 0.303 e. The van der Waals surface area contributed by atoms with E-state index in [2.05, 4.69) is 4.98 Å². The maximum Gasteiger partial charge on any atom is 0.330 e.